The first kappa shape index (κ1) is 13.2. The molecule has 0 atom stereocenters. The zero-order chi connectivity index (χ0) is 10.5. The summed E-state index contributed by atoms with van der Waals surface area (Å²) in [5.74, 6) is 0. The van der Waals surface area contributed by atoms with E-state index < -0.39 is 0 Å². The van der Waals surface area contributed by atoms with Crippen molar-refractivity contribution in [2.24, 2.45) is 10.6 Å². The lowest BCUT2D eigenvalue weighted by molar-refractivity contribution is -0.00111. The van der Waals surface area contributed by atoms with Gasteiger partial charge >= 0.3 is 0 Å². The van der Waals surface area contributed by atoms with Crippen LogP contribution in [0.2, 0.25) is 0 Å². The largest absolute Gasteiger partial charge is 0.379 e. The number of oxime groups is 1. The van der Waals surface area contributed by atoms with E-state index >= 15 is 0 Å². The third kappa shape index (κ3) is 6.26. The molecule has 78 valence electrons. The molecule has 0 aliphatic heterocycles. The number of halogens is 1. The van der Waals surface area contributed by atoms with Crippen molar-refractivity contribution >= 4 is 29.2 Å². The van der Waals surface area contributed by atoms with E-state index in [2.05, 4.69) is 36.0 Å². The predicted molar refractivity (Wildman–Crippen MR) is 63.1 cm³/mol. The van der Waals surface area contributed by atoms with Crippen LogP contribution in [0.4, 0.5) is 0 Å². The fraction of sp³-hybridized carbons (Fsp3) is 0.889. The molecule has 3 nitrogen and oxygen atoms in total. The van der Waals surface area contributed by atoms with Crippen molar-refractivity contribution in [3.8, 4) is 0 Å². The minimum absolute atomic E-state index is 0.00924. The number of hydrogen-bond acceptors (Lipinski definition) is 3. The molecule has 0 N–H and O–H groups in total. The molecule has 0 aliphatic rings. The summed E-state index contributed by atoms with van der Waals surface area (Å²) in [6.07, 6.45) is 2.71. The first-order valence-corrected chi connectivity index (χ1v) is 5.08. The zero-order valence-corrected chi connectivity index (χ0v) is 11.1. The molecule has 0 bridgehead atoms. The summed E-state index contributed by atoms with van der Waals surface area (Å²) in [5, 5.41) is 3.77. The molecule has 0 fully saturated rings. The Hall–Kier alpha value is 0.160. The number of nitrogens with zero attached hydrogens (tertiary/aromatic N) is 1. The summed E-state index contributed by atoms with van der Waals surface area (Å²) in [4.78, 5) is 0. The molecule has 0 aromatic carbocycles. The van der Waals surface area contributed by atoms with Crippen LogP contribution >= 0.6 is 23.0 Å². The maximum absolute atomic E-state index is 5.35. The molecule has 0 saturated heterocycles. The Morgan fingerprint density at radius 1 is 1.31 bits per heavy atom. The van der Waals surface area contributed by atoms with E-state index in [4.69, 9.17) is 4.74 Å². The van der Waals surface area contributed by atoms with Crippen molar-refractivity contribution in [3.05, 3.63) is 0 Å². The van der Waals surface area contributed by atoms with Gasteiger partial charge < -0.3 is 7.90 Å². The monoisotopic (exact) mass is 299 g/mol. The Balaban J connectivity index is 4.24. The highest BCUT2D eigenvalue weighted by Gasteiger charge is 2.27. The van der Waals surface area contributed by atoms with Gasteiger partial charge in [0.25, 0.3) is 0 Å². The van der Waals surface area contributed by atoms with Crippen LogP contribution in [0.1, 0.15) is 34.1 Å². The van der Waals surface area contributed by atoms with Crippen molar-refractivity contribution in [1.29, 1.82) is 0 Å². The molecule has 0 radical (unpaired) electrons. The normalized spacial score (nSPS) is 13.7. The molecule has 0 aliphatic carbocycles. The van der Waals surface area contributed by atoms with E-state index in [1.54, 1.807) is 36.3 Å². The quantitative estimate of drug-likeness (QED) is 0.443. The fourth-order valence-electron chi connectivity index (χ4n) is 1.38. The fourth-order valence-corrected chi connectivity index (χ4v) is 1.49. The second kappa shape index (κ2) is 5.14. The van der Waals surface area contributed by atoms with Gasteiger partial charge in [-0.25, -0.2) is 0 Å². The lowest BCUT2D eigenvalue weighted by Crippen LogP contribution is -2.31. The summed E-state index contributed by atoms with van der Waals surface area (Å²) < 4.78 is 9.97. The third-order valence-corrected chi connectivity index (χ3v) is 2.10. The van der Waals surface area contributed by atoms with Gasteiger partial charge in [-0.15, -0.1) is 0 Å². The molecule has 0 saturated carbocycles. The van der Waals surface area contributed by atoms with Crippen LogP contribution in [0.5, 0.6) is 0 Å². The smallest absolute Gasteiger partial charge is 0.230 e. The Kier molecular flexibility index (Phi) is 5.21. The maximum Gasteiger partial charge on any atom is 0.230 e. The van der Waals surface area contributed by atoms with E-state index in [1.807, 2.05) is 0 Å². The third-order valence-electron chi connectivity index (χ3n) is 1.88. The Labute approximate surface area is 94.5 Å². The Bertz CT molecular complexity index is 178. The SMILES string of the molecule is COC(C)(C)CC(C)(C)/C=N/OI. The first-order chi connectivity index (χ1) is 5.83. The van der Waals surface area contributed by atoms with Gasteiger partial charge in [-0.3, -0.25) is 0 Å². The van der Waals surface area contributed by atoms with Crippen LogP contribution in [0.25, 0.3) is 0 Å². The van der Waals surface area contributed by atoms with Crippen molar-refractivity contribution in [3.63, 3.8) is 0 Å². The van der Waals surface area contributed by atoms with Crippen molar-refractivity contribution in [2.75, 3.05) is 7.11 Å². The molecule has 0 amide bonds. The topological polar surface area (TPSA) is 30.8 Å². The molecule has 13 heavy (non-hydrogen) atoms. The van der Waals surface area contributed by atoms with Gasteiger partial charge in [0.1, 0.15) is 0 Å². The lowest BCUT2D eigenvalue weighted by atomic mass is 9.83. The summed E-state index contributed by atoms with van der Waals surface area (Å²) >= 11 is 1.74. The van der Waals surface area contributed by atoms with Crippen molar-refractivity contribution < 1.29 is 7.90 Å². The molecule has 0 aromatic rings. The van der Waals surface area contributed by atoms with Gasteiger partial charge in [0.05, 0.1) is 11.8 Å². The molecule has 0 unspecified atom stereocenters. The average molecular weight is 299 g/mol. The number of hydrogen-bond donors (Lipinski definition) is 0. The summed E-state index contributed by atoms with van der Waals surface area (Å²) in [6, 6.07) is 0. The van der Waals surface area contributed by atoms with Crippen LogP contribution < -0.4 is 0 Å². The number of methoxy groups -OCH3 is 1. The highest BCUT2D eigenvalue weighted by molar-refractivity contribution is 14.1. The van der Waals surface area contributed by atoms with E-state index in [-0.39, 0.29) is 11.0 Å². The highest BCUT2D eigenvalue weighted by Crippen LogP contribution is 2.28. The second-order valence-electron chi connectivity index (χ2n) is 4.43. The summed E-state index contributed by atoms with van der Waals surface area (Å²) in [7, 11) is 1.72. The van der Waals surface area contributed by atoms with Gasteiger partial charge in [-0.2, -0.15) is 0 Å². The second-order valence-corrected chi connectivity index (χ2v) is 4.83. The Morgan fingerprint density at radius 3 is 2.23 bits per heavy atom. The molecule has 0 heterocycles. The molecule has 0 aromatic heterocycles. The summed E-state index contributed by atoms with van der Waals surface area (Å²) in [5.41, 5.74) is -0.133. The minimum atomic E-state index is -0.124. The predicted octanol–water partition coefficient (Wildman–Crippen LogP) is 3.18. The Morgan fingerprint density at radius 2 is 1.85 bits per heavy atom. The summed E-state index contributed by atoms with van der Waals surface area (Å²) in [6.45, 7) is 8.33. The van der Waals surface area contributed by atoms with E-state index in [0.717, 1.165) is 6.42 Å². The first-order valence-electron chi connectivity index (χ1n) is 4.20. The molecular weight excluding hydrogens is 281 g/mol. The van der Waals surface area contributed by atoms with Crippen molar-refractivity contribution in [1.82, 2.24) is 0 Å². The van der Waals surface area contributed by atoms with E-state index in [0.29, 0.717) is 0 Å². The van der Waals surface area contributed by atoms with Crippen molar-refractivity contribution in [2.45, 2.75) is 39.7 Å². The standard InChI is InChI=1S/C9H18INO2/c1-8(2,7-11-13-10)6-9(3,4)12-5/h7H,6H2,1-5H3/b11-7+. The minimum Gasteiger partial charge on any atom is -0.379 e. The van der Waals surface area contributed by atoms with Crippen LogP contribution in [-0.4, -0.2) is 18.9 Å². The number of rotatable bonds is 5. The average Bonchev–Trinajstić information content (AvgIpc) is 1.99. The molecule has 0 rings (SSSR count). The van der Waals surface area contributed by atoms with Gasteiger partial charge in [0, 0.05) is 12.5 Å². The van der Waals surface area contributed by atoms with E-state index in [1.165, 1.54) is 0 Å². The lowest BCUT2D eigenvalue weighted by Gasteiger charge is -2.30. The van der Waals surface area contributed by atoms with Crippen LogP contribution in [0.3, 0.4) is 0 Å². The zero-order valence-electron chi connectivity index (χ0n) is 8.93. The van der Waals surface area contributed by atoms with E-state index in [9.17, 15) is 0 Å². The molecule has 0 spiro atoms. The van der Waals surface area contributed by atoms with Crippen LogP contribution in [0.15, 0.2) is 5.16 Å². The van der Waals surface area contributed by atoms with Gasteiger partial charge in [-0.1, -0.05) is 19.0 Å². The maximum atomic E-state index is 5.35. The van der Waals surface area contributed by atoms with Gasteiger partial charge in [-0.05, 0) is 20.3 Å². The molecular formula is C9H18INO2. The molecule has 4 heteroatoms. The van der Waals surface area contributed by atoms with Gasteiger partial charge in [0.2, 0.25) is 23.0 Å². The highest BCUT2D eigenvalue weighted by atomic mass is 127. The van der Waals surface area contributed by atoms with Crippen LogP contribution in [0, 0.1) is 5.41 Å². The van der Waals surface area contributed by atoms with Crippen LogP contribution in [-0.2, 0) is 7.90 Å². The number of ether oxygens (including phenoxy) is 1. The van der Waals surface area contributed by atoms with Gasteiger partial charge in [0.15, 0.2) is 0 Å².